The molecule has 1 aliphatic rings. The van der Waals surface area contributed by atoms with Gasteiger partial charge in [0.25, 0.3) is 0 Å². The molecule has 0 bridgehead atoms. The highest BCUT2D eigenvalue weighted by atomic mass is 16.3. The molecule has 0 saturated carbocycles. The molecule has 0 heterocycles. The summed E-state index contributed by atoms with van der Waals surface area (Å²) in [7, 11) is 0. The first kappa shape index (κ1) is 10.3. The molecule has 0 aliphatic heterocycles. The lowest BCUT2D eigenvalue weighted by Crippen LogP contribution is -2.27. The molecule has 0 fully saturated rings. The van der Waals surface area contributed by atoms with Crippen molar-refractivity contribution in [1.82, 2.24) is 0 Å². The zero-order valence-electron chi connectivity index (χ0n) is 8.55. The van der Waals surface area contributed by atoms with E-state index in [1.165, 1.54) is 12.2 Å². The van der Waals surface area contributed by atoms with E-state index in [9.17, 15) is 4.79 Å². The van der Waals surface area contributed by atoms with Gasteiger partial charge in [0.1, 0.15) is 5.75 Å². The van der Waals surface area contributed by atoms with E-state index >= 15 is 0 Å². The predicted molar refractivity (Wildman–Crippen MR) is 61.9 cm³/mol. The third-order valence-electron chi connectivity index (χ3n) is 2.31. The Balaban J connectivity index is 2.11. The second-order valence-electron chi connectivity index (χ2n) is 3.57. The highest BCUT2D eigenvalue weighted by Crippen LogP contribution is 2.17. The summed E-state index contributed by atoms with van der Waals surface area (Å²) in [5.41, 5.74) is 7.04. The van der Waals surface area contributed by atoms with Gasteiger partial charge >= 0.3 is 0 Å². The smallest absolute Gasteiger partial charge is 0.180 e. The van der Waals surface area contributed by atoms with Crippen molar-refractivity contribution >= 4 is 11.5 Å². The molecule has 1 aliphatic carbocycles. The number of rotatable bonds is 2. The van der Waals surface area contributed by atoms with E-state index in [2.05, 4.69) is 5.32 Å². The number of hydrogen-bond acceptors (Lipinski definition) is 4. The topological polar surface area (TPSA) is 75.4 Å². The zero-order chi connectivity index (χ0) is 11.5. The maximum Gasteiger partial charge on any atom is 0.180 e. The summed E-state index contributed by atoms with van der Waals surface area (Å²) in [5, 5.41) is 12.3. The summed E-state index contributed by atoms with van der Waals surface area (Å²) in [6.07, 6.45) is 4.59. The van der Waals surface area contributed by atoms with E-state index in [0.29, 0.717) is 5.70 Å². The van der Waals surface area contributed by atoms with Crippen LogP contribution in [0.15, 0.2) is 48.2 Å². The number of anilines is 1. The second kappa shape index (κ2) is 4.10. The molecule has 1 aromatic carbocycles. The number of hydrogen-bond donors (Lipinski definition) is 3. The van der Waals surface area contributed by atoms with Gasteiger partial charge in [-0.1, -0.05) is 6.08 Å². The van der Waals surface area contributed by atoms with Crippen LogP contribution in [0.5, 0.6) is 5.75 Å². The quantitative estimate of drug-likeness (QED) is 0.648. The van der Waals surface area contributed by atoms with Gasteiger partial charge in [0.05, 0.1) is 6.04 Å². The molecule has 2 rings (SSSR count). The van der Waals surface area contributed by atoms with Crippen molar-refractivity contribution in [2.24, 2.45) is 5.73 Å². The average Bonchev–Trinajstić information content (AvgIpc) is 2.25. The lowest BCUT2D eigenvalue weighted by Gasteiger charge is -2.18. The van der Waals surface area contributed by atoms with Crippen LogP contribution in [0, 0.1) is 0 Å². The molecule has 1 unspecified atom stereocenters. The Morgan fingerprint density at radius 3 is 2.56 bits per heavy atom. The first-order valence-electron chi connectivity index (χ1n) is 4.90. The van der Waals surface area contributed by atoms with Crippen molar-refractivity contribution in [3.8, 4) is 5.75 Å². The highest BCUT2D eigenvalue weighted by molar-refractivity contribution is 6.01. The molecule has 1 aromatic rings. The van der Waals surface area contributed by atoms with Gasteiger partial charge in [0.15, 0.2) is 5.78 Å². The molecule has 1 atom stereocenters. The normalized spacial score (nSPS) is 19.4. The van der Waals surface area contributed by atoms with Crippen LogP contribution in [0.25, 0.3) is 0 Å². The third kappa shape index (κ3) is 2.23. The number of nitrogens with two attached hydrogens (primary N) is 1. The maximum absolute atomic E-state index is 11.0. The fourth-order valence-corrected chi connectivity index (χ4v) is 1.47. The molecule has 0 spiro atoms. The van der Waals surface area contributed by atoms with Crippen molar-refractivity contribution in [3.05, 3.63) is 48.2 Å². The summed E-state index contributed by atoms with van der Waals surface area (Å²) in [5.74, 6) is 0.115. The largest absolute Gasteiger partial charge is 0.508 e. The molecule has 4 nitrogen and oxygen atoms in total. The van der Waals surface area contributed by atoms with Crippen molar-refractivity contribution in [1.29, 1.82) is 0 Å². The monoisotopic (exact) mass is 216 g/mol. The fourth-order valence-electron chi connectivity index (χ4n) is 1.47. The van der Waals surface area contributed by atoms with Crippen LogP contribution in [-0.4, -0.2) is 16.9 Å². The number of phenols is 1. The van der Waals surface area contributed by atoms with Gasteiger partial charge in [-0.25, -0.2) is 0 Å². The van der Waals surface area contributed by atoms with E-state index in [0.717, 1.165) is 5.69 Å². The van der Waals surface area contributed by atoms with Crippen LogP contribution in [-0.2, 0) is 4.79 Å². The SMILES string of the molecule is NC1=CC(=O)C=CC1Nc1ccc(O)cc1. The molecule has 0 saturated heterocycles. The van der Waals surface area contributed by atoms with Gasteiger partial charge in [-0.3, -0.25) is 4.79 Å². The molecule has 0 amide bonds. The summed E-state index contributed by atoms with van der Waals surface area (Å²) in [6, 6.07) is 6.47. The Kier molecular flexibility index (Phi) is 2.64. The van der Waals surface area contributed by atoms with E-state index in [1.807, 2.05) is 0 Å². The van der Waals surface area contributed by atoms with Crippen LogP contribution in [0.2, 0.25) is 0 Å². The van der Waals surface area contributed by atoms with Crippen molar-refractivity contribution in [2.45, 2.75) is 6.04 Å². The molecule has 0 aromatic heterocycles. The first-order chi connectivity index (χ1) is 7.65. The molecule has 16 heavy (non-hydrogen) atoms. The minimum atomic E-state index is -0.178. The molecule has 4 N–H and O–H groups in total. The lowest BCUT2D eigenvalue weighted by atomic mass is 10.1. The van der Waals surface area contributed by atoms with E-state index in [-0.39, 0.29) is 17.6 Å². The van der Waals surface area contributed by atoms with Crippen molar-refractivity contribution in [2.75, 3.05) is 5.32 Å². The number of allylic oxidation sites excluding steroid dienone is 2. The van der Waals surface area contributed by atoms with Gasteiger partial charge in [-0.2, -0.15) is 0 Å². The Hall–Kier alpha value is -2.23. The lowest BCUT2D eigenvalue weighted by molar-refractivity contribution is -0.110. The summed E-state index contributed by atoms with van der Waals surface area (Å²) >= 11 is 0. The van der Waals surface area contributed by atoms with Gasteiger partial charge in [0, 0.05) is 17.5 Å². The van der Waals surface area contributed by atoms with E-state index < -0.39 is 0 Å². The molecular weight excluding hydrogens is 204 g/mol. The molecule has 0 radical (unpaired) electrons. The Bertz CT molecular complexity index is 460. The van der Waals surface area contributed by atoms with E-state index in [1.54, 1.807) is 30.3 Å². The van der Waals surface area contributed by atoms with Crippen LogP contribution in [0.3, 0.4) is 0 Å². The van der Waals surface area contributed by atoms with Crippen LogP contribution in [0.1, 0.15) is 0 Å². The van der Waals surface area contributed by atoms with Gasteiger partial charge in [-0.05, 0) is 30.3 Å². The number of carbonyl (C=O) groups is 1. The van der Waals surface area contributed by atoms with Gasteiger partial charge in [-0.15, -0.1) is 0 Å². The third-order valence-corrected chi connectivity index (χ3v) is 2.31. The second-order valence-corrected chi connectivity index (χ2v) is 3.57. The minimum Gasteiger partial charge on any atom is -0.508 e. The maximum atomic E-state index is 11.0. The minimum absolute atomic E-state index is 0.0961. The predicted octanol–water partition coefficient (Wildman–Crippen LogP) is 1.15. The number of phenolic OH excluding ortho intramolecular Hbond substituents is 1. The number of ketones is 1. The van der Waals surface area contributed by atoms with Crippen molar-refractivity contribution < 1.29 is 9.90 Å². The Labute approximate surface area is 93.1 Å². The van der Waals surface area contributed by atoms with Crippen LogP contribution >= 0.6 is 0 Å². The average molecular weight is 216 g/mol. The number of benzene rings is 1. The standard InChI is InChI=1S/C12H12N2O2/c13-11-7-10(16)5-6-12(11)14-8-1-3-9(15)4-2-8/h1-7,12,14-15H,13H2. The van der Waals surface area contributed by atoms with Crippen LogP contribution in [0.4, 0.5) is 5.69 Å². The molecular formula is C12H12N2O2. The number of carbonyl (C=O) groups excluding carboxylic acids is 1. The first-order valence-corrected chi connectivity index (χ1v) is 4.90. The van der Waals surface area contributed by atoms with Gasteiger partial charge < -0.3 is 16.2 Å². The summed E-state index contributed by atoms with van der Waals surface area (Å²) in [6.45, 7) is 0. The molecule has 4 heteroatoms. The Morgan fingerprint density at radius 2 is 1.94 bits per heavy atom. The van der Waals surface area contributed by atoms with Gasteiger partial charge in [0.2, 0.25) is 0 Å². The number of nitrogens with one attached hydrogen (secondary N) is 1. The summed E-state index contributed by atoms with van der Waals surface area (Å²) in [4.78, 5) is 11.0. The fraction of sp³-hybridized carbons (Fsp3) is 0.0833. The molecule has 82 valence electrons. The summed E-state index contributed by atoms with van der Waals surface area (Å²) < 4.78 is 0. The zero-order valence-corrected chi connectivity index (χ0v) is 8.55. The highest BCUT2D eigenvalue weighted by Gasteiger charge is 2.13. The van der Waals surface area contributed by atoms with Crippen molar-refractivity contribution in [3.63, 3.8) is 0 Å². The Morgan fingerprint density at radius 1 is 1.25 bits per heavy atom. The van der Waals surface area contributed by atoms with Crippen LogP contribution < -0.4 is 11.1 Å². The number of aromatic hydroxyl groups is 1. The van der Waals surface area contributed by atoms with E-state index in [4.69, 9.17) is 10.8 Å².